The van der Waals surface area contributed by atoms with Gasteiger partial charge in [-0.2, -0.15) is 0 Å². The quantitative estimate of drug-likeness (QED) is 0.133. The lowest BCUT2D eigenvalue weighted by atomic mass is 9.80. The van der Waals surface area contributed by atoms with Gasteiger partial charge >= 0.3 is 0 Å². The summed E-state index contributed by atoms with van der Waals surface area (Å²) in [4.78, 5) is 0. The van der Waals surface area contributed by atoms with Crippen molar-refractivity contribution >= 4 is 118 Å². The minimum Gasteiger partial charge on any atom is -0.0876 e. The monoisotopic (exact) mass is 1000 g/mol. The Hall–Kier alpha value is -4.58. The zero-order valence-corrected chi connectivity index (χ0v) is 37.9. The van der Waals surface area contributed by atoms with Crippen molar-refractivity contribution < 1.29 is 0 Å². The molecular formula is C54H36Br4. The fourth-order valence-electron chi connectivity index (χ4n) is 9.53. The summed E-state index contributed by atoms with van der Waals surface area (Å²) >= 11 is 16.1. The van der Waals surface area contributed by atoms with Crippen LogP contribution in [-0.4, -0.2) is 0 Å². The Balaban J connectivity index is 1.27. The minimum absolute atomic E-state index is 0.727. The Morgan fingerprint density at radius 2 is 0.466 bits per heavy atom. The van der Waals surface area contributed by atoms with Crippen LogP contribution in [0.5, 0.6) is 0 Å². The van der Waals surface area contributed by atoms with Crippen molar-refractivity contribution in [3.63, 3.8) is 0 Å². The normalized spacial score (nSPS) is 11.7. The molecule has 0 spiro atoms. The van der Waals surface area contributed by atoms with Gasteiger partial charge in [0.2, 0.25) is 0 Å². The van der Waals surface area contributed by atoms with Gasteiger partial charge in [0, 0.05) is 21.3 Å². The molecule has 0 saturated heterocycles. The van der Waals surface area contributed by atoms with Gasteiger partial charge in [-0.15, -0.1) is 0 Å². The van der Waals surface area contributed by atoms with Crippen molar-refractivity contribution in [1.82, 2.24) is 0 Å². The predicted molar refractivity (Wildman–Crippen MR) is 266 cm³/mol. The third-order valence-electron chi connectivity index (χ3n) is 12.0. The maximum atomic E-state index is 4.03. The van der Waals surface area contributed by atoms with Gasteiger partial charge in [0.05, 0.1) is 0 Å². The Bertz CT molecular complexity index is 3010. The van der Waals surface area contributed by atoms with Gasteiger partial charge in [-0.05, 0) is 121 Å². The van der Waals surface area contributed by atoms with Crippen molar-refractivity contribution in [3.8, 4) is 44.5 Å². The first kappa shape index (κ1) is 37.7. The van der Waals surface area contributed by atoms with Crippen LogP contribution in [0.3, 0.4) is 0 Å². The second kappa shape index (κ2) is 15.9. The molecule has 0 radical (unpaired) electrons. The van der Waals surface area contributed by atoms with E-state index in [9.17, 15) is 0 Å². The SMILES string of the molecule is BrCc1c(CBr)c(-c2ccc(-c3c(CBr)c(CBr)c(-c4cccc5ccccc45)c4ccccc34)c3ccccc23)c2ccccc2c1-c1cccc2ccccc12. The van der Waals surface area contributed by atoms with Crippen LogP contribution in [0.1, 0.15) is 22.3 Å². The van der Waals surface area contributed by atoms with Crippen LogP contribution in [0.25, 0.3) is 98.4 Å². The molecule has 0 aliphatic rings. The highest BCUT2D eigenvalue weighted by Crippen LogP contribution is 2.50. The molecule has 0 aliphatic heterocycles. The van der Waals surface area contributed by atoms with E-state index in [1.54, 1.807) is 0 Å². The van der Waals surface area contributed by atoms with E-state index < -0.39 is 0 Å². The standard InChI is InChI=1S/C54H36Br4/c55-29-47-49(31-57)53(43-23-9-7-21-41(43)51(47)39-25-11-15-33-13-1-3-17-35(33)39)45-27-28-46(38-20-6-5-19-37(38)45)54-44-24-10-8-22-42(44)52(48(30-56)50(54)32-58)40-26-12-16-34-14-2-4-18-36(34)40/h1-28H,29-32H2. The summed E-state index contributed by atoms with van der Waals surface area (Å²) in [6, 6.07) is 62.7. The average molecular weight is 1000 g/mol. The van der Waals surface area contributed by atoms with Crippen LogP contribution in [-0.2, 0) is 21.3 Å². The van der Waals surface area contributed by atoms with Crippen LogP contribution < -0.4 is 0 Å². The van der Waals surface area contributed by atoms with Gasteiger partial charge in [0.25, 0.3) is 0 Å². The van der Waals surface area contributed by atoms with E-state index in [1.165, 1.54) is 121 Å². The average Bonchev–Trinajstić information content (AvgIpc) is 3.29. The fraction of sp³-hybridized carbons (Fsp3) is 0.0741. The van der Waals surface area contributed by atoms with E-state index in [0.29, 0.717) is 0 Å². The minimum atomic E-state index is 0.727. The Morgan fingerprint density at radius 3 is 0.776 bits per heavy atom. The Labute approximate surface area is 372 Å². The van der Waals surface area contributed by atoms with Crippen molar-refractivity contribution in [2.24, 2.45) is 0 Å². The van der Waals surface area contributed by atoms with Gasteiger partial charge in [-0.3, -0.25) is 0 Å². The van der Waals surface area contributed by atoms with Crippen LogP contribution in [0.2, 0.25) is 0 Å². The highest BCUT2D eigenvalue weighted by molar-refractivity contribution is 9.09. The van der Waals surface area contributed by atoms with E-state index in [-0.39, 0.29) is 0 Å². The molecule has 0 fully saturated rings. The number of fused-ring (bicyclic) bond motifs is 5. The maximum Gasteiger partial charge on any atom is 0.0292 e. The molecule has 0 heterocycles. The van der Waals surface area contributed by atoms with Gasteiger partial charge in [0.1, 0.15) is 0 Å². The van der Waals surface area contributed by atoms with Crippen LogP contribution in [0.4, 0.5) is 0 Å². The predicted octanol–water partition coefficient (Wildman–Crippen LogP) is 17.7. The van der Waals surface area contributed by atoms with Crippen molar-refractivity contribution in [2.45, 2.75) is 21.3 Å². The van der Waals surface area contributed by atoms with E-state index in [2.05, 4.69) is 234 Å². The molecule has 0 saturated carbocycles. The Kier molecular flexibility index (Phi) is 10.3. The number of halogens is 4. The molecule has 0 amide bonds. The second-order valence-electron chi connectivity index (χ2n) is 14.8. The summed E-state index contributed by atoms with van der Waals surface area (Å²) in [7, 11) is 0. The van der Waals surface area contributed by atoms with Crippen molar-refractivity contribution in [2.75, 3.05) is 0 Å². The number of rotatable bonds is 8. The van der Waals surface area contributed by atoms with E-state index in [0.717, 1.165) is 21.3 Å². The topological polar surface area (TPSA) is 0 Å². The summed E-state index contributed by atoms with van der Waals surface area (Å²) in [5.74, 6) is 0. The maximum absolute atomic E-state index is 4.03. The smallest absolute Gasteiger partial charge is 0.0292 e. The van der Waals surface area contributed by atoms with E-state index >= 15 is 0 Å². The van der Waals surface area contributed by atoms with E-state index in [1.807, 2.05) is 0 Å². The number of hydrogen-bond acceptors (Lipinski definition) is 0. The molecule has 280 valence electrons. The molecule has 0 nitrogen and oxygen atoms in total. The van der Waals surface area contributed by atoms with Crippen molar-refractivity contribution in [1.29, 1.82) is 0 Å². The molecular weight excluding hydrogens is 968 g/mol. The largest absolute Gasteiger partial charge is 0.0876 e. The van der Waals surface area contributed by atoms with Crippen molar-refractivity contribution in [3.05, 3.63) is 192 Å². The number of alkyl halides is 4. The molecule has 4 heteroatoms. The molecule has 0 N–H and O–H groups in total. The fourth-order valence-corrected chi connectivity index (χ4v) is 12.0. The first-order valence-corrected chi connectivity index (χ1v) is 24.0. The molecule has 10 aromatic rings. The summed E-state index contributed by atoms with van der Waals surface area (Å²) < 4.78 is 0. The molecule has 10 aromatic carbocycles. The molecule has 10 rings (SSSR count). The zero-order valence-electron chi connectivity index (χ0n) is 31.5. The third kappa shape index (κ3) is 6.01. The zero-order chi connectivity index (χ0) is 39.3. The number of benzene rings is 10. The molecule has 0 aliphatic carbocycles. The summed E-state index contributed by atoms with van der Waals surface area (Å²) in [5, 5.41) is 15.5. The van der Waals surface area contributed by atoms with Crippen LogP contribution >= 0.6 is 63.7 Å². The van der Waals surface area contributed by atoms with Crippen LogP contribution in [0.15, 0.2) is 170 Å². The molecule has 58 heavy (non-hydrogen) atoms. The number of hydrogen-bond donors (Lipinski definition) is 0. The second-order valence-corrected chi connectivity index (χ2v) is 17.0. The van der Waals surface area contributed by atoms with Gasteiger partial charge in [-0.1, -0.05) is 234 Å². The summed E-state index contributed by atoms with van der Waals surface area (Å²) in [6.45, 7) is 0. The highest BCUT2D eigenvalue weighted by Gasteiger charge is 2.26. The van der Waals surface area contributed by atoms with E-state index in [4.69, 9.17) is 0 Å². The lowest BCUT2D eigenvalue weighted by Crippen LogP contribution is -2.02. The first-order chi connectivity index (χ1) is 28.7. The molecule has 0 bridgehead atoms. The van der Waals surface area contributed by atoms with Gasteiger partial charge < -0.3 is 0 Å². The van der Waals surface area contributed by atoms with Crippen LogP contribution in [0, 0.1) is 0 Å². The molecule has 0 atom stereocenters. The summed E-state index contributed by atoms with van der Waals surface area (Å²) in [5.41, 5.74) is 15.4. The molecule has 0 aromatic heterocycles. The Morgan fingerprint density at radius 1 is 0.224 bits per heavy atom. The molecule has 0 unspecified atom stereocenters. The lowest BCUT2D eigenvalue weighted by molar-refractivity contribution is 1.32. The van der Waals surface area contributed by atoms with Gasteiger partial charge in [0.15, 0.2) is 0 Å². The van der Waals surface area contributed by atoms with Gasteiger partial charge in [-0.25, -0.2) is 0 Å². The summed E-state index contributed by atoms with van der Waals surface area (Å²) in [6.07, 6.45) is 0. The third-order valence-corrected chi connectivity index (χ3v) is 14.2. The first-order valence-electron chi connectivity index (χ1n) is 19.5. The lowest BCUT2D eigenvalue weighted by Gasteiger charge is -2.25. The highest BCUT2D eigenvalue weighted by atomic mass is 79.9.